The molecule has 4 heteroatoms. The van der Waals surface area contributed by atoms with Gasteiger partial charge in [-0.3, -0.25) is 9.59 Å². The highest BCUT2D eigenvalue weighted by Gasteiger charge is 2.14. The molecule has 0 saturated heterocycles. The van der Waals surface area contributed by atoms with Gasteiger partial charge in [0.25, 0.3) is 0 Å². The molecule has 0 fully saturated rings. The molecule has 0 spiro atoms. The van der Waals surface area contributed by atoms with Crippen molar-refractivity contribution >= 4 is 11.9 Å². The van der Waals surface area contributed by atoms with Crippen molar-refractivity contribution in [1.29, 1.82) is 0 Å². The minimum absolute atomic E-state index is 0.134. The molecule has 0 atom stereocenters. The maximum Gasteiger partial charge on any atom is 0.307 e. The van der Waals surface area contributed by atoms with E-state index in [4.69, 9.17) is 0 Å². The van der Waals surface area contributed by atoms with Crippen LogP contribution in [0.25, 0.3) is 0 Å². The second-order valence-electron chi connectivity index (χ2n) is 5.90. The summed E-state index contributed by atoms with van der Waals surface area (Å²) in [6.07, 6.45) is 4.53. The molecule has 128 valence electrons. The first-order valence-corrected chi connectivity index (χ1v) is 8.47. The van der Waals surface area contributed by atoms with Gasteiger partial charge in [0, 0.05) is 19.5 Å². The first-order valence-electron chi connectivity index (χ1n) is 8.47. The number of aryl methyl sites for hydroxylation is 2. The quantitative estimate of drug-likeness (QED) is 0.620. The first-order chi connectivity index (χ1) is 11.1. The van der Waals surface area contributed by atoms with Gasteiger partial charge in [-0.1, -0.05) is 43.2 Å². The van der Waals surface area contributed by atoms with Crippen molar-refractivity contribution in [1.82, 2.24) is 4.90 Å². The van der Waals surface area contributed by atoms with Crippen LogP contribution in [-0.2, 0) is 20.7 Å². The van der Waals surface area contributed by atoms with Gasteiger partial charge < -0.3 is 9.64 Å². The maximum atomic E-state index is 12.4. The van der Waals surface area contributed by atoms with E-state index in [-0.39, 0.29) is 18.3 Å². The number of carbonyl (C=O) groups excluding carboxylic acids is 2. The summed E-state index contributed by atoms with van der Waals surface area (Å²) >= 11 is 0. The summed E-state index contributed by atoms with van der Waals surface area (Å²) in [6.45, 7) is 5.34. The number of nitrogens with zero attached hydrogens (tertiary/aromatic N) is 1. The van der Waals surface area contributed by atoms with E-state index in [0.29, 0.717) is 13.0 Å². The molecule has 0 aliphatic heterocycles. The van der Waals surface area contributed by atoms with Crippen LogP contribution in [0.2, 0.25) is 0 Å². The molecule has 0 radical (unpaired) electrons. The van der Waals surface area contributed by atoms with Crippen LogP contribution in [0.3, 0.4) is 0 Å². The monoisotopic (exact) mass is 319 g/mol. The van der Waals surface area contributed by atoms with E-state index in [9.17, 15) is 9.59 Å². The zero-order chi connectivity index (χ0) is 17.1. The Kier molecular flexibility index (Phi) is 9.03. The second-order valence-corrected chi connectivity index (χ2v) is 5.90. The summed E-state index contributed by atoms with van der Waals surface area (Å²) in [7, 11) is 1.38. The molecular weight excluding hydrogens is 290 g/mol. The number of amides is 1. The molecule has 0 bridgehead atoms. The average molecular weight is 319 g/mol. The van der Waals surface area contributed by atoms with Gasteiger partial charge in [-0.05, 0) is 31.7 Å². The summed E-state index contributed by atoms with van der Waals surface area (Å²) < 4.78 is 4.66. The lowest BCUT2D eigenvalue weighted by Gasteiger charge is -2.22. The molecule has 0 aromatic heterocycles. The number of unbranched alkanes of at least 4 members (excludes halogenated alkanes) is 1. The van der Waals surface area contributed by atoms with E-state index in [1.165, 1.54) is 18.2 Å². The molecule has 0 unspecified atom stereocenters. The molecule has 1 amide bonds. The maximum absolute atomic E-state index is 12.4. The molecular formula is C19H29NO3. The Balaban J connectivity index is 2.41. The van der Waals surface area contributed by atoms with Gasteiger partial charge in [-0.25, -0.2) is 0 Å². The fourth-order valence-electron chi connectivity index (χ4n) is 2.40. The summed E-state index contributed by atoms with van der Waals surface area (Å²) in [5, 5.41) is 0. The number of rotatable bonds is 10. The van der Waals surface area contributed by atoms with E-state index in [0.717, 1.165) is 32.2 Å². The Bertz CT molecular complexity index is 482. The zero-order valence-corrected chi connectivity index (χ0v) is 14.6. The number of carbonyl (C=O) groups is 2. The summed E-state index contributed by atoms with van der Waals surface area (Å²) in [5.74, 6) is -0.131. The zero-order valence-electron chi connectivity index (χ0n) is 14.6. The molecule has 0 heterocycles. The highest BCUT2D eigenvalue weighted by atomic mass is 16.5. The van der Waals surface area contributed by atoms with Crippen molar-refractivity contribution in [2.24, 2.45) is 0 Å². The molecule has 0 aliphatic carbocycles. The third-order valence-corrected chi connectivity index (χ3v) is 3.92. The van der Waals surface area contributed by atoms with Gasteiger partial charge in [-0.15, -0.1) is 0 Å². The smallest absolute Gasteiger partial charge is 0.307 e. The molecule has 0 aliphatic rings. The van der Waals surface area contributed by atoms with Crippen LogP contribution in [0.1, 0.15) is 50.2 Å². The molecule has 1 rings (SSSR count). The summed E-state index contributed by atoms with van der Waals surface area (Å²) in [6, 6.07) is 8.43. The van der Waals surface area contributed by atoms with Gasteiger partial charge in [0.1, 0.15) is 0 Å². The predicted octanol–water partition coefficient (Wildman–Crippen LogP) is 3.51. The van der Waals surface area contributed by atoms with Crippen LogP contribution in [0.4, 0.5) is 0 Å². The lowest BCUT2D eigenvalue weighted by atomic mass is 10.1. The number of methoxy groups -OCH3 is 1. The minimum Gasteiger partial charge on any atom is -0.469 e. The van der Waals surface area contributed by atoms with Crippen LogP contribution >= 0.6 is 0 Å². The summed E-state index contributed by atoms with van der Waals surface area (Å²) in [4.78, 5) is 25.4. The molecule has 0 N–H and O–H groups in total. The largest absolute Gasteiger partial charge is 0.469 e. The lowest BCUT2D eigenvalue weighted by Crippen LogP contribution is -2.34. The average Bonchev–Trinajstić information content (AvgIpc) is 2.56. The Morgan fingerprint density at radius 2 is 1.74 bits per heavy atom. The number of benzene rings is 1. The fraction of sp³-hybridized carbons (Fsp3) is 0.579. The fourth-order valence-corrected chi connectivity index (χ4v) is 2.40. The number of hydrogen-bond donors (Lipinski definition) is 0. The summed E-state index contributed by atoms with van der Waals surface area (Å²) in [5.41, 5.74) is 2.51. The van der Waals surface area contributed by atoms with Crippen molar-refractivity contribution in [3.8, 4) is 0 Å². The Morgan fingerprint density at radius 3 is 2.35 bits per heavy atom. The van der Waals surface area contributed by atoms with E-state index in [1.54, 1.807) is 4.90 Å². The number of hydrogen-bond acceptors (Lipinski definition) is 3. The van der Waals surface area contributed by atoms with Crippen molar-refractivity contribution in [2.75, 3.05) is 20.2 Å². The van der Waals surface area contributed by atoms with E-state index in [1.807, 2.05) is 0 Å². The highest BCUT2D eigenvalue weighted by molar-refractivity contribution is 5.77. The van der Waals surface area contributed by atoms with Crippen LogP contribution < -0.4 is 0 Å². The third-order valence-electron chi connectivity index (χ3n) is 3.92. The highest BCUT2D eigenvalue weighted by Crippen LogP contribution is 2.09. The van der Waals surface area contributed by atoms with Gasteiger partial charge >= 0.3 is 5.97 Å². The van der Waals surface area contributed by atoms with Crippen molar-refractivity contribution in [3.63, 3.8) is 0 Å². The number of esters is 1. The Labute approximate surface area is 139 Å². The van der Waals surface area contributed by atoms with Gasteiger partial charge in [0.15, 0.2) is 0 Å². The Morgan fingerprint density at radius 1 is 1.04 bits per heavy atom. The molecule has 4 nitrogen and oxygen atoms in total. The van der Waals surface area contributed by atoms with Crippen LogP contribution in [0.15, 0.2) is 24.3 Å². The van der Waals surface area contributed by atoms with Gasteiger partial charge in [0.05, 0.1) is 13.5 Å². The Hall–Kier alpha value is -1.84. The minimum atomic E-state index is -0.265. The van der Waals surface area contributed by atoms with E-state index >= 15 is 0 Å². The van der Waals surface area contributed by atoms with Crippen LogP contribution in [0, 0.1) is 6.92 Å². The SMILES string of the molecule is CCCCN(CCC(=O)OC)C(=O)CCCc1ccc(C)cc1. The normalized spacial score (nSPS) is 10.4. The topological polar surface area (TPSA) is 46.6 Å². The van der Waals surface area contributed by atoms with Crippen molar-refractivity contribution in [2.45, 2.75) is 52.4 Å². The molecule has 1 aromatic rings. The molecule has 1 aromatic carbocycles. The molecule has 23 heavy (non-hydrogen) atoms. The van der Waals surface area contributed by atoms with E-state index < -0.39 is 0 Å². The van der Waals surface area contributed by atoms with E-state index in [2.05, 4.69) is 42.8 Å². The van der Waals surface area contributed by atoms with Gasteiger partial charge in [-0.2, -0.15) is 0 Å². The number of ether oxygens (including phenoxy) is 1. The predicted molar refractivity (Wildman–Crippen MR) is 92.2 cm³/mol. The lowest BCUT2D eigenvalue weighted by molar-refractivity contribution is -0.141. The van der Waals surface area contributed by atoms with Gasteiger partial charge in [0.2, 0.25) is 5.91 Å². The van der Waals surface area contributed by atoms with Crippen molar-refractivity contribution in [3.05, 3.63) is 35.4 Å². The van der Waals surface area contributed by atoms with Crippen LogP contribution in [0.5, 0.6) is 0 Å². The standard InChI is InChI=1S/C19H29NO3/c1-4-5-14-20(15-13-19(22)23-3)18(21)8-6-7-17-11-9-16(2)10-12-17/h9-12H,4-8,13-15H2,1-3H3. The molecule has 0 saturated carbocycles. The van der Waals surface area contributed by atoms with Crippen molar-refractivity contribution < 1.29 is 14.3 Å². The third kappa shape index (κ3) is 7.82. The van der Waals surface area contributed by atoms with Crippen LogP contribution in [-0.4, -0.2) is 37.0 Å². The second kappa shape index (κ2) is 10.8. The first kappa shape index (κ1) is 19.2.